The van der Waals surface area contributed by atoms with E-state index in [1.165, 1.54) is 12.8 Å². The Kier molecular flexibility index (Phi) is 5.13. The standard InChI is InChI=1S/C16H23N5O/c1-22-9-8-21-6-2-13(3-7-21)10-14-11-20-15(12-19-14)16-17-4-5-18-16/h4-5,11-13H,2-3,6-10H2,1H3,(H,17,18). The average Bonchev–Trinajstić information content (AvgIpc) is 3.09. The first-order valence-electron chi connectivity index (χ1n) is 7.87. The molecule has 2 aromatic rings. The Labute approximate surface area is 131 Å². The fourth-order valence-electron chi connectivity index (χ4n) is 2.92. The van der Waals surface area contributed by atoms with Gasteiger partial charge in [-0.15, -0.1) is 0 Å². The Morgan fingerprint density at radius 3 is 2.73 bits per heavy atom. The van der Waals surface area contributed by atoms with Gasteiger partial charge >= 0.3 is 0 Å². The van der Waals surface area contributed by atoms with Crippen molar-refractivity contribution < 1.29 is 4.74 Å². The monoisotopic (exact) mass is 301 g/mol. The Bertz CT molecular complexity index is 546. The minimum absolute atomic E-state index is 0.711. The summed E-state index contributed by atoms with van der Waals surface area (Å²) in [5.74, 6) is 1.48. The van der Waals surface area contributed by atoms with Crippen LogP contribution < -0.4 is 0 Å². The maximum Gasteiger partial charge on any atom is 0.157 e. The molecule has 1 aliphatic rings. The van der Waals surface area contributed by atoms with Crippen LogP contribution in [0.25, 0.3) is 11.5 Å². The van der Waals surface area contributed by atoms with Crippen molar-refractivity contribution in [3.63, 3.8) is 0 Å². The first kappa shape index (κ1) is 15.1. The van der Waals surface area contributed by atoms with E-state index in [9.17, 15) is 0 Å². The number of aromatic nitrogens is 4. The van der Waals surface area contributed by atoms with Crippen LogP contribution >= 0.6 is 0 Å². The van der Waals surface area contributed by atoms with E-state index in [1.807, 2.05) is 12.4 Å². The number of nitrogens with one attached hydrogen (secondary N) is 1. The van der Waals surface area contributed by atoms with Crippen LogP contribution in [0.3, 0.4) is 0 Å². The third-order valence-corrected chi connectivity index (χ3v) is 4.26. The lowest BCUT2D eigenvalue weighted by molar-refractivity contribution is 0.120. The van der Waals surface area contributed by atoms with Crippen LogP contribution in [0.2, 0.25) is 0 Å². The van der Waals surface area contributed by atoms with Crippen molar-refractivity contribution in [3.8, 4) is 11.5 Å². The molecule has 1 saturated heterocycles. The molecule has 3 heterocycles. The smallest absolute Gasteiger partial charge is 0.157 e. The number of nitrogens with zero attached hydrogens (tertiary/aromatic N) is 4. The maximum atomic E-state index is 5.14. The summed E-state index contributed by atoms with van der Waals surface area (Å²) in [4.78, 5) is 18.7. The van der Waals surface area contributed by atoms with Crippen molar-refractivity contribution in [1.82, 2.24) is 24.8 Å². The van der Waals surface area contributed by atoms with Crippen LogP contribution in [0, 0.1) is 5.92 Å². The normalized spacial score (nSPS) is 17.0. The molecule has 22 heavy (non-hydrogen) atoms. The van der Waals surface area contributed by atoms with Crippen molar-refractivity contribution in [3.05, 3.63) is 30.5 Å². The van der Waals surface area contributed by atoms with E-state index in [2.05, 4.69) is 24.8 Å². The molecule has 0 atom stereocenters. The molecule has 0 spiro atoms. The quantitative estimate of drug-likeness (QED) is 0.881. The van der Waals surface area contributed by atoms with Gasteiger partial charge in [-0.2, -0.15) is 0 Å². The zero-order chi connectivity index (χ0) is 15.2. The third-order valence-electron chi connectivity index (χ3n) is 4.26. The number of hydrogen-bond donors (Lipinski definition) is 1. The number of hydrogen-bond acceptors (Lipinski definition) is 5. The highest BCUT2D eigenvalue weighted by Gasteiger charge is 2.19. The number of rotatable bonds is 6. The first-order chi connectivity index (χ1) is 10.8. The molecule has 0 bridgehead atoms. The number of aromatic amines is 1. The van der Waals surface area contributed by atoms with Gasteiger partial charge in [0.25, 0.3) is 0 Å². The van der Waals surface area contributed by atoms with Crippen molar-refractivity contribution in [2.24, 2.45) is 5.92 Å². The Balaban J connectivity index is 1.50. The van der Waals surface area contributed by atoms with E-state index in [1.54, 1.807) is 19.5 Å². The second-order valence-corrected chi connectivity index (χ2v) is 5.81. The summed E-state index contributed by atoms with van der Waals surface area (Å²) in [5.41, 5.74) is 1.87. The van der Waals surface area contributed by atoms with E-state index in [0.29, 0.717) is 5.92 Å². The van der Waals surface area contributed by atoms with Crippen LogP contribution in [0.5, 0.6) is 0 Å². The van der Waals surface area contributed by atoms with E-state index >= 15 is 0 Å². The minimum Gasteiger partial charge on any atom is -0.383 e. The maximum absolute atomic E-state index is 5.14. The van der Waals surface area contributed by atoms with Gasteiger partial charge in [-0.3, -0.25) is 4.98 Å². The van der Waals surface area contributed by atoms with Crippen molar-refractivity contribution in [2.75, 3.05) is 33.4 Å². The molecule has 1 aliphatic heterocycles. The Morgan fingerprint density at radius 1 is 1.23 bits per heavy atom. The van der Waals surface area contributed by atoms with E-state index < -0.39 is 0 Å². The zero-order valence-corrected chi connectivity index (χ0v) is 13.0. The summed E-state index contributed by atoms with van der Waals surface area (Å²) in [5, 5.41) is 0. The van der Waals surface area contributed by atoms with Gasteiger partial charge in [0, 0.05) is 32.2 Å². The lowest BCUT2D eigenvalue weighted by atomic mass is 9.92. The minimum atomic E-state index is 0.711. The molecule has 1 fully saturated rings. The van der Waals surface area contributed by atoms with Crippen LogP contribution in [0.1, 0.15) is 18.5 Å². The summed E-state index contributed by atoms with van der Waals surface area (Å²) >= 11 is 0. The predicted octanol–water partition coefficient (Wildman–Crippen LogP) is 1.77. The molecule has 0 aliphatic carbocycles. The molecule has 0 radical (unpaired) electrons. The molecule has 118 valence electrons. The molecule has 3 rings (SSSR count). The van der Waals surface area contributed by atoms with E-state index in [4.69, 9.17) is 4.74 Å². The second-order valence-electron chi connectivity index (χ2n) is 5.81. The first-order valence-corrected chi connectivity index (χ1v) is 7.87. The van der Waals surface area contributed by atoms with Gasteiger partial charge in [0.15, 0.2) is 5.82 Å². The molecular weight excluding hydrogens is 278 g/mol. The highest BCUT2D eigenvalue weighted by molar-refractivity contribution is 5.46. The number of imidazole rings is 1. The Hall–Kier alpha value is -1.79. The molecule has 6 nitrogen and oxygen atoms in total. The lowest BCUT2D eigenvalue weighted by Crippen LogP contribution is -2.36. The van der Waals surface area contributed by atoms with Gasteiger partial charge in [-0.05, 0) is 38.3 Å². The highest BCUT2D eigenvalue weighted by atomic mass is 16.5. The van der Waals surface area contributed by atoms with Gasteiger partial charge in [0.2, 0.25) is 0 Å². The van der Waals surface area contributed by atoms with Crippen LogP contribution in [0.15, 0.2) is 24.8 Å². The van der Waals surface area contributed by atoms with Crippen LogP contribution in [-0.2, 0) is 11.2 Å². The number of ether oxygens (including phenoxy) is 1. The van der Waals surface area contributed by atoms with Crippen molar-refractivity contribution in [2.45, 2.75) is 19.3 Å². The SMILES string of the molecule is COCCN1CCC(Cc2cnc(-c3ncc[nH]3)cn2)CC1. The molecule has 1 N–H and O–H groups in total. The zero-order valence-electron chi connectivity index (χ0n) is 13.0. The molecule has 6 heteroatoms. The van der Waals surface area contributed by atoms with Gasteiger partial charge in [-0.25, -0.2) is 9.97 Å². The highest BCUT2D eigenvalue weighted by Crippen LogP contribution is 2.21. The Morgan fingerprint density at radius 2 is 2.09 bits per heavy atom. The van der Waals surface area contributed by atoms with Crippen LogP contribution in [0.4, 0.5) is 0 Å². The van der Waals surface area contributed by atoms with Gasteiger partial charge in [0.05, 0.1) is 18.5 Å². The van der Waals surface area contributed by atoms with Crippen LogP contribution in [-0.4, -0.2) is 58.2 Å². The fourth-order valence-corrected chi connectivity index (χ4v) is 2.92. The molecule has 0 unspecified atom stereocenters. The number of methoxy groups -OCH3 is 1. The molecular formula is C16H23N5O. The molecule has 0 amide bonds. The van der Waals surface area contributed by atoms with E-state index in [0.717, 1.165) is 49.9 Å². The van der Waals surface area contributed by atoms with Gasteiger partial charge in [0.1, 0.15) is 5.69 Å². The fraction of sp³-hybridized carbons (Fsp3) is 0.562. The molecule has 2 aromatic heterocycles. The van der Waals surface area contributed by atoms with Gasteiger partial charge < -0.3 is 14.6 Å². The summed E-state index contributed by atoms with van der Waals surface area (Å²) in [7, 11) is 1.76. The summed E-state index contributed by atoms with van der Waals surface area (Å²) in [6, 6.07) is 0. The topological polar surface area (TPSA) is 66.9 Å². The summed E-state index contributed by atoms with van der Waals surface area (Å²) in [6.45, 7) is 4.18. The predicted molar refractivity (Wildman–Crippen MR) is 84.4 cm³/mol. The molecule has 0 aromatic carbocycles. The number of H-pyrrole nitrogens is 1. The van der Waals surface area contributed by atoms with Crippen molar-refractivity contribution in [1.29, 1.82) is 0 Å². The van der Waals surface area contributed by atoms with Gasteiger partial charge in [-0.1, -0.05) is 0 Å². The number of piperidine rings is 1. The largest absolute Gasteiger partial charge is 0.383 e. The summed E-state index contributed by atoms with van der Waals surface area (Å²) < 4.78 is 5.14. The third kappa shape index (κ3) is 3.90. The second kappa shape index (κ2) is 7.47. The van der Waals surface area contributed by atoms with E-state index in [-0.39, 0.29) is 0 Å². The van der Waals surface area contributed by atoms with Crippen molar-refractivity contribution >= 4 is 0 Å². The lowest BCUT2D eigenvalue weighted by Gasteiger charge is -2.31. The average molecular weight is 301 g/mol. The molecule has 0 saturated carbocycles. The summed E-state index contributed by atoms with van der Waals surface area (Å²) in [6.07, 6.45) is 10.7. The number of likely N-dealkylation sites (tertiary alicyclic amines) is 1.